The van der Waals surface area contributed by atoms with E-state index >= 15 is 0 Å². The van der Waals surface area contributed by atoms with Crippen LogP contribution < -0.4 is 10.1 Å². The van der Waals surface area contributed by atoms with E-state index in [2.05, 4.69) is 5.32 Å². The molecule has 0 unspecified atom stereocenters. The number of rotatable bonds is 6. The number of amides is 2. The van der Waals surface area contributed by atoms with E-state index in [9.17, 15) is 9.59 Å². The van der Waals surface area contributed by atoms with Crippen LogP contribution in [0.15, 0.2) is 24.3 Å². The van der Waals surface area contributed by atoms with Crippen LogP contribution in [0.3, 0.4) is 0 Å². The van der Waals surface area contributed by atoms with Crippen LogP contribution in [0.4, 0.5) is 5.69 Å². The first kappa shape index (κ1) is 15.0. The first-order chi connectivity index (χ1) is 9.10. The monoisotopic (exact) mass is 264 g/mol. The van der Waals surface area contributed by atoms with Crippen LogP contribution in [0, 0.1) is 0 Å². The van der Waals surface area contributed by atoms with Gasteiger partial charge in [-0.05, 0) is 19.1 Å². The molecule has 0 aliphatic carbocycles. The summed E-state index contributed by atoms with van der Waals surface area (Å²) in [5, 5.41) is 2.75. The quantitative estimate of drug-likeness (QED) is 0.853. The Labute approximate surface area is 113 Å². The highest BCUT2D eigenvalue weighted by Gasteiger charge is 2.13. The van der Waals surface area contributed by atoms with Crippen LogP contribution >= 0.6 is 0 Å². The number of anilines is 1. The molecule has 0 saturated heterocycles. The topological polar surface area (TPSA) is 58.6 Å². The van der Waals surface area contributed by atoms with Gasteiger partial charge in [-0.2, -0.15) is 0 Å². The zero-order chi connectivity index (χ0) is 14.3. The number of methoxy groups -OCH3 is 1. The number of benzene rings is 1. The number of nitrogens with one attached hydrogen (secondary N) is 1. The zero-order valence-electron chi connectivity index (χ0n) is 11.6. The summed E-state index contributed by atoms with van der Waals surface area (Å²) < 4.78 is 5.08. The third-order valence-electron chi connectivity index (χ3n) is 2.72. The lowest BCUT2D eigenvalue weighted by Gasteiger charge is -2.19. The summed E-state index contributed by atoms with van der Waals surface area (Å²) >= 11 is 0. The van der Waals surface area contributed by atoms with Crippen LogP contribution in [0.25, 0.3) is 0 Å². The van der Waals surface area contributed by atoms with E-state index in [1.54, 1.807) is 38.3 Å². The summed E-state index contributed by atoms with van der Waals surface area (Å²) in [6.45, 7) is 4.23. The van der Waals surface area contributed by atoms with E-state index in [1.165, 1.54) is 4.90 Å². The molecule has 1 rings (SSSR count). The molecule has 0 aliphatic heterocycles. The van der Waals surface area contributed by atoms with E-state index in [0.29, 0.717) is 24.4 Å². The average Bonchev–Trinajstić information content (AvgIpc) is 2.44. The number of ether oxygens (including phenoxy) is 1. The van der Waals surface area contributed by atoms with Crippen LogP contribution in [-0.4, -0.2) is 36.9 Å². The van der Waals surface area contributed by atoms with Crippen molar-refractivity contribution in [1.29, 1.82) is 0 Å². The van der Waals surface area contributed by atoms with E-state index in [-0.39, 0.29) is 18.4 Å². The fraction of sp³-hybridized carbons (Fsp3) is 0.429. The van der Waals surface area contributed by atoms with Crippen LogP contribution in [-0.2, 0) is 9.59 Å². The van der Waals surface area contributed by atoms with E-state index in [4.69, 9.17) is 4.74 Å². The van der Waals surface area contributed by atoms with Gasteiger partial charge in [-0.3, -0.25) is 9.59 Å². The molecule has 0 bridgehead atoms. The summed E-state index contributed by atoms with van der Waals surface area (Å²) in [5.41, 5.74) is 0.657. The van der Waals surface area contributed by atoms with Crippen molar-refractivity contribution in [2.24, 2.45) is 0 Å². The van der Waals surface area contributed by atoms with Gasteiger partial charge in [0.25, 0.3) is 0 Å². The Kier molecular flexibility index (Phi) is 5.85. The smallest absolute Gasteiger partial charge is 0.243 e. The molecule has 0 spiro atoms. The van der Waals surface area contributed by atoms with Gasteiger partial charge in [-0.1, -0.05) is 13.0 Å². The van der Waals surface area contributed by atoms with Crippen LogP contribution in [0.2, 0.25) is 0 Å². The molecule has 0 heterocycles. The first-order valence-electron chi connectivity index (χ1n) is 6.32. The second kappa shape index (κ2) is 7.41. The van der Waals surface area contributed by atoms with Crippen molar-refractivity contribution in [3.8, 4) is 5.75 Å². The lowest BCUT2D eigenvalue weighted by Crippen LogP contribution is -2.37. The van der Waals surface area contributed by atoms with Crippen molar-refractivity contribution < 1.29 is 14.3 Å². The van der Waals surface area contributed by atoms with E-state index in [1.807, 2.05) is 6.92 Å². The molecule has 104 valence electrons. The highest BCUT2D eigenvalue weighted by atomic mass is 16.5. The van der Waals surface area contributed by atoms with Gasteiger partial charge in [-0.25, -0.2) is 0 Å². The van der Waals surface area contributed by atoms with Gasteiger partial charge in [0, 0.05) is 24.7 Å². The maximum Gasteiger partial charge on any atom is 0.243 e. The number of hydrogen-bond donors (Lipinski definition) is 1. The lowest BCUT2D eigenvalue weighted by molar-refractivity contribution is -0.134. The molecular formula is C14H20N2O3. The SMILES string of the molecule is CCC(=O)N(CC)CC(=O)Nc1cccc(OC)c1. The number of carbonyl (C=O) groups excluding carboxylic acids is 2. The number of likely N-dealkylation sites (N-methyl/N-ethyl adjacent to an activating group) is 1. The summed E-state index contributed by atoms with van der Waals surface area (Å²) in [7, 11) is 1.57. The highest BCUT2D eigenvalue weighted by molar-refractivity contribution is 5.94. The predicted octanol–water partition coefficient (Wildman–Crippen LogP) is 1.89. The molecule has 5 heteroatoms. The minimum atomic E-state index is -0.211. The molecule has 2 amide bonds. The van der Waals surface area contributed by atoms with Gasteiger partial charge < -0.3 is 15.0 Å². The lowest BCUT2D eigenvalue weighted by atomic mass is 10.3. The van der Waals surface area contributed by atoms with Crippen molar-refractivity contribution >= 4 is 17.5 Å². The molecular weight excluding hydrogens is 244 g/mol. The summed E-state index contributed by atoms with van der Waals surface area (Å²) in [6, 6.07) is 7.10. The number of hydrogen-bond acceptors (Lipinski definition) is 3. The Balaban J connectivity index is 2.61. The Bertz CT molecular complexity index is 446. The summed E-state index contributed by atoms with van der Waals surface area (Å²) in [4.78, 5) is 24.9. The molecule has 5 nitrogen and oxygen atoms in total. The molecule has 1 N–H and O–H groups in total. The highest BCUT2D eigenvalue weighted by Crippen LogP contribution is 2.16. The third-order valence-corrected chi connectivity index (χ3v) is 2.72. The maximum atomic E-state index is 11.9. The fourth-order valence-corrected chi connectivity index (χ4v) is 1.67. The Morgan fingerprint density at radius 3 is 2.63 bits per heavy atom. The largest absolute Gasteiger partial charge is 0.497 e. The first-order valence-corrected chi connectivity index (χ1v) is 6.32. The molecule has 0 fully saturated rings. The fourth-order valence-electron chi connectivity index (χ4n) is 1.67. The Morgan fingerprint density at radius 1 is 1.32 bits per heavy atom. The molecule has 0 saturated carbocycles. The van der Waals surface area contributed by atoms with Crippen molar-refractivity contribution in [2.75, 3.05) is 25.5 Å². The summed E-state index contributed by atoms with van der Waals surface area (Å²) in [5.74, 6) is 0.440. The Hall–Kier alpha value is -2.04. The average molecular weight is 264 g/mol. The minimum Gasteiger partial charge on any atom is -0.497 e. The van der Waals surface area contributed by atoms with Gasteiger partial charge >= 0.3 is 0 Å². The van der Waals surface area contributed by atoms with Crippen molar-refractivity contribution in [3.63, 3.8) is 0 Å². The van der Waals surface area contributed by atoms with Gasteiger partial charge in [0.2, 0.25) is 11.8 Å². The second-order valence-corrected chi connectivity index (χ2v) is 4.04. The zero-order valence-corrected chi connectivity index (χ0v) is 11.6. The van der Waals surface area contributed by atoms with Crippen molar-refractivity contribution in [1.82, 2.24) is 4.90 Å². The molecule has 1 aromatic carbocycles. The van der Waals surface area contributed by atoms with Crippen molar-refractivity contribution in [2.45, 2.75) is 20.3 Å². The van der Waals surface area contributed by atoms with Gasteiger partial charge in [0.05, 0.1) is 13.7 Å². The maximum absolute atomic E-state index is 11.9. The predicted molar refractivity (Wildman–Crippen MR) is 74.2 cm³/mol. The molecule has 0 aromatic heterocycles. The molecule has 0 atom stereocenters. The molecule has 0 radical (unpaired) electrons. The van der Waals surface area contributed by atoms with E-state index < -0.39 is 0 Å². The molecule has 19 heavy (non-hydrogen) atoms. The van der Waals surface area contributed by atoms with Crippen LogP contribution in [0.1, 0.15) is 20.3 Å². The van der Waals surface area contributed by atoms with Gasteiger partial charge in [0.1, 0.15) is 5.75 Å². The van der Waals surface area contributed by atoms with Crippen molar-refractivity contribution in [3.05, 3.63) is 24.3 Å². The standard InChI is InChI=1S/C14H20N2O3/c1-4-14(18)16(5-2)10-13(17)15-11-7-6-8-12(9-11)19-3/h6-9H,4-5,10H2,1-3H3,(H,15,17). The van der Waals surface area contributed by atoms with Gasteiger partial charge in [0.15, 0.2) is 0 Å². The molecule has 0 aliphatic rings. The second-order valence-electron chi connectivity index (χ2n) is 4.04. The Morgan fingerprint density at radius 2 is 2.05 bits per heavy atom. The number of carbonyl (C=O) groups is 2. The normalized spacial score (nSPS) is 9.84. The molecule has 1 aromatic rings. The summed E-state index contributed by atoms with van der Waals surface area (Å²) in [6.07, 6.45) is 0.403. The minimum absolute atomic E-state index is 0.0247. The van der Waals surface area contributed by atoms with Gasteiger partial charge in [-0.15, -0.1) is 0 Å². The van der Waals surface area contributed by atoms with Crippen LogP contribution in [0.5, 0.6) is 5.75 Å². The number of nitrogens with zero attached hydrogens (tertiary/aromatic N) is 1. The third kappa shape index (κ3) is 4.62. The van der Waals surface area contributed by atoms with E-state index in [0.717, 1.165) is 0 Å².